The van der Waals surface area contributed by atoms with Gasteiger partial charge >= 0.3 is 0 Å². The Hall–Kier alpha value is -3.49. The van der Waals surface area contributed by atoms with Gasteiger partial charge in [-0.05, 0) is 42.8 Å². The van der Waals surface area contributed by atoms with Crippen LogP contribution in [0.15, 0.2) is 53.3 Å². The number of carbonyl (C=O) groups is 2. The van der Waals surface area contributed by atoms with E-state index in [-0.39, 0.29) is 17.4 Å². The van der Waals surface area contributed by atoms with Crippen LogP contribution in [0, 0.1) is 0 Å². The predicted molar refractivity (Wildman–Crippen MR) is 135 cm³/mol. The normalized spacial score (nSPS) is 17.0. The van der Waals surface area contributed by atoms with Gasteiger partial charge in [0.15, 0.2) is 0 Å². The van der Waals surface area contributed by atoms with E-state index in [9.17, 15) is 14.4 Å². The molecule has 3 aromatic rings. The first-order chi connectivity index (χ1) is 16.5. The number of aromatic amines is 1. The quantitative estimate of drug-likeness (QED) is 0.548. The monoisotopic (exact) mass is 474 g/mol. The first kappa shape index (κ1) is 22.3. The number of imide groups is 1. The zero-order valence-corrected chi connectivity index (χ0v) is 19.6. The summed E-state index contributed by atoms with van der Waals surface area (Å²) in [5.41, 5.74) is 3.05. The van der Waals surface area contributed by atoms with Gasteiger partial charge in [-0.25, -0.2) is 0 Å². The highest BCUT2D eigenvalue weighted by atomic mass is 32.1. The maximum absolute atomic E-state index is 12.5. The summed E-state index contributed by atoms with van der Waals surface area (Å²) in [6, 6.07) is 15.2. The molecule has 2 aliphatic rings. The van der Waals surface area contributed by atoms with Crippen LogP contribution < -0.4 is 19.7 Å². The maximum Gasteiger partial charge on any atom is 0.266 e. The van der Waals surface area contributed by atoms with Crippen LogP contribution in [0.25, 0.3) is 12.7 Å². The number of piperazine rings is 1. The van der Waals surface area contributed by atoms with E-state index in [4.69, 9.17) is 0 Å². The highest BCUT2D eigenvalue weighted by Crippen LogP contribution is 2.24. The second-order valence-electron chi connectivity index (χ2n) is 8.54. The van der Waals surface area contributed by atoms with Crippen molar-refractivity contribution in [3.8, 4) is 0 Å². The Morgan fingerprint density at radius 2 is 1.53 bits per heavy atom. The van der Waals surface area contributed by atoms with Gasteiger partial charge in [-0.1, -0.05) is 36.9 Å². The number of para-hydroxylation sites is 1. The van der Waals surface area contributed by atoms with E-state index >= 15 is 0 Å². The summed E-state index contributed by atoms with van der Waals surface area (Å²) in [5, 5.41) is 0. The van der Waals surface area contributed by atoms with Crippen molar-refractivity contribution in [2.75, 3.05) is 44.2 Å². The predicted octanol–water partition coefficient (Wildman–Crippen LogP) is 1.48. The van der Waals surface area contributed by atoms with Gasteiger partial charge in [-0.15, -0.1) is 11.3 Å². The van der Waals surface area contributed by atoms with Gasteiger partial charge in [0.25, 0.3) is 17.4 Å². The minimum absolute atomic E-state index is 0.104. The second-order valence-corrected chi connectivity index (χ2v) is 9.67. The lowest BCUT2D eigenvalue weighted by molar-refractivity contribution is 0.0647. The van der Waals surface area contributed by atoms with E-state index in [2.05, 4.69) is 27.4 Å². The Morgan fingerprint density at radius 1 is 0.882 bits per heavy atom. The molecule has 1 fully saturated rings. The molecule has 0 aliphatic carbocycles. The molecule has 0 atom stereocenters. The van der Waals surface area contributed by atoms with E-state index < -0.39 is 0 Å². The summed E-state index contributed by atoms with van der Waals surface area (Å²) in [5.74, 6) is -0.373. The average Bonchev–Trinajstić information content (AvgIpc) is 3.30. The van der Waals surface area contributed by atoms with Crippen molar-refractivity contribution in [1.82, 2.24) is 14.8 Å². The molecule has 2 aliphatic heterocycles. The highest BCUT2D eigenvalue weighted by molar-refractivity contribution is 7.07. The molecule has 3 heterocycles. The molecule has 0 radical (unpaired) electrons. The minimum atomic E-state index is -0.186. The van der Waals surface area contributed by atoms with Crippen molar-refractivity contribution < 1.29 is 9.59 Å². The van der Waals surface area contributed by atoms with Gasteiger partial charge in [-0.2, -0.15) is 0 Å². The molecule has 8 heteroatoms. The van der Waals surface area contributed by atoms with E-state index in [0.29, 0.717) is 26.9 Å². The number of benzene rings is 2. The Bertz CT molecular complexity index is 1370. The third-order valence-electron chi connectivity index (χ3n) is 6.38. The summed E-state index contributed by atoms with van der Waals surface area (Å²) >= 11 is 1.37. The van der Waals surface area contributed by atoms with Crippen LogP contribution in [0.2, 0.25) is 0 Å². The Kier molecular flexibility index (Phi) is 6.17. The number of thiazole rings is 1. The van der Waals surface area contributed by atoms with Crippen LogP contribution in [0.5, 0.6) is 0 Å². The molecule has 0 unspecified atom stereocenters. The van der Waals surface area contributed by atoms with E-state index in [0.717, 1.165) is 50.4 Å². The zero-order chi connectivity index (χ0) is 23.7. The molecule has 2 aromatic carbocycles. The third-order valence-corrected chi connectivity index (χ3v) is 7.25. The molecule has 1 saturated heterocycles. The number of nitrogens with zero attached hydrogens (tertiary/aromatic N) is 3. The van der Waals surface area contributed by atoms with Crippen molar-refractivity contribution in [2.24, 2.45) is 0 Å². The Labute approximate surface area is 201 Å². The van der Waals surface area contributed by atoms with Crippen molar-refractivity contribution in [3.63, 3.8) is 0 Å². The summed E-state index contributed by atoms with van der Waals surface area (Å²) in [7, 11) is 0. The molecule has 5 rings (SSSR count). The molecule has 0 saturated carbocycles. The van der Waals surface area contributed by atoms with Crippen LogP contribution in [0.1, 0.15) is 32.7 Å². The van der Waals surface area contributed by atoms with Gasteiger partial charge in [0.2, 0.25) is 0 Å². The van der Waals surface area contributed by atoms with Gasteiger partial charge in [0.1, 0.15) is 0 Å². The van der Waals surface area contributed by atoms with E-state index in [1.165, 1.54) is 16.2 Å². The third kappa shape index (κ3) is 4.34. The summed E-state index contributed by atoms with van der Waals surface area (Å²) in [6.45, 7) is 8.65. The number of fused-ring (bicyclic) bond motifs is 1. The van der Waals surface area contributed by atoms with Crippen molar-refractivity contribution in [2.45, 2.75) is 6.42 Å². The molecule has 2 amide bonds. The number of carbonyl (C=O) groups excluding carboxylic acids is 2. The van der Waals surface area contributed by atoms with Crippen molar-refractivity contribution >= 4 is 41.5 Å². The number of rotatable bonds is 6. The fourth-order valence-electron chi connectivity index (χ4n) is 4.63. The van der Waals surface area contributed by atoms with Gasteiger partial charge in [0.05, 0.1) is 20.3 Å². The number of hydrogen-bond donors (Lipinski definition) is 1. The van der Waals surface area contributed by atoms with Crippen LogP contribution in [0.4, 0.5) is 5.69 Å². The lowest BCUT2D eigenvalue weighted by Crippen LogP contribution is -2.47. The van der Waals surface area contributed by atoms with Gasteiger partial charge in [0, 0.05) is 38.4 Å². The SMILES string of the molecule is C=c1[nH]c(=O)/c(=C/c2ccccc2N2CCN(CCCN3C(=O)c4ccccc4C3=O)CC2)s1. The van der Waals surface area contributed by atoms with Crippen LogP contribution in [-0.2, 0) is 0 Å². The average molecular weight is 475 g/mol. The summed E-state index contributed by atoms with van der Waals surface area (Å²) < 4.78 is 1.31. The maximum atomic E-state index is 12.5. The fraction of sp³-hybridized carbons (Fsp3) is 0.269. The number of anilines is 1. The van der Waals surface area contributed by atoms with Crippen molar-refractivity contribution in [3.05, 3.63) is 84.8 Å². The second kappa shape index (κ2) is 9.40. The molecule has 7 nitrogen and oxygen atoms in total. The minimum Gasteiger partial charge on any atom is -0.368 e. The number of aromatic nitrogens is 1. The van der Waals surface area contributed by atoms with Crippen LogP contribution >= 0.6 is 11.3 Å². The largest absolute Gasteiger partial charge is 0.368 e. The molecule has 34 heavy (non-hydrogen) atoms. The molecule has 174 valence electrons. The Morgan fingerprint density at radius 3 is 2.18 bits per heavy atom. The first-order valence-corrected chi connectivity index (χ1v) is 12.2. The number of nitrogens with one attached hydrogen (secondary N) is 1. The molecule has 1 N–H and O–H groups in total. The highest BCUT2D eigenvalue weighted by Gasteiger charge is 2.34. The fourth-order valence-corrected chi connectivity index (χ4v) is 5.37. The molecular weight excluding hydrogens is 448 g/mol. The summed E-state index contributed by atoms with van der Waals surface area (Å²) in [6.07, 6.45) is 2.69. The molecule has 0 bridgehead atoms. The smallest absolute Gasteiger partial charge is 0.266 e. The molecular formula is C26H26N4O3S. The lowest BCUT2D eigenvalue weighted by atomic mass is 10.1. The van der Waals surface area contributed by atoms with E-state index in [1.807, 2.05) is 24.3 Å². The van der Waals surface area contributed by atoms with Crippen molar-refractivity contribution in [1.29, 1.82) is 0 Å². The van der Waals surface area contributed by atoms with Crippen LogP contribution in [0.3, 0.4) is 0 Å². The molecule has 0 spiro atoms. The Balaban J connectivity index is 1.18. The zero-order valence-electron chi connectivity index (χ0n) is 18.8. The van der Waals surface area contributed by atoms with Gasteiger partial charge in [-0.3, -0.25) is 24.2 Å². The topological polar surface area (TPSA) is 76.7 Å². The lowest BCUT2D eigenvalue weighted by Gasteiger charge is -2.37. The first-order valence-electron chi connectivity index (χ1n) is 11.4. The van der Waals surface area contributed by atoms with Crippen LogP contribution in [-0.4, -0.2) is 65.9 Å². The van der Waals surface area contributed by atoms with Gasteiger partial charge < -0.3 is 9.88 Å². The molecule has 1 aromatic heterocycles. The standard InChI is InChI=1S/C26H26N4O3S/c1-18-27-24(31)23(34-18)17-19-7-2-5-10-22(19)29-15-13-28(14-16-29)11-6-12-30-25(32)20-8-3-4-9-21(20)26(30)33/h2-5,7-10,17H,1,6,11-16H2,(H,27,31)/b23-17-. The number of hydrogen-bond acceptors (Lipinski definition) is 6. The summed E-state index contributed by atoms with van der Waals surface area (Å²) in [4.78, 5) is 46.0. The number of amides is 2. The number of H-pyrrole nitrogens is 1. The van der Waals surface area contributed by atoms with E-state index in [1.54, 1.807) is 24.3 Å².